The van der Waals surface area contributed by atoms with Crippen LogP contribution in [0.3, 0.4) is 0 Å². The summed E-state index contributed by atoms with van der Waals surface area (Å²) in [4.78, 5) is 4.14. The number of rotatable bonds is 3. The summed E-state index contributed by atoms with van der Waals surface area (Å²) < 4.78 is 1.26. The highest BCUT2D eigenvalue weighted by atomic mass is 79.9. The molecule has 0 atom stereocenters. The number of halogens is 1. The fraction of sp³-hybridized carbons (Fsp3) is 0.417. The van der Waals surface area contributed by atoms with Gasteiger partial charge in [0, 0.05) is 5.33 Å². The van der Waals surface area contributed by atoms with Crippen molar-refractivity contribution < 1.29 is 0 Å². The minimum atomic E-state index is 1.10. The number of unbranched alkanes of at least 4 members (excludes halogenated alkanes) is 2. The van der Waals surface area contributed by atoms with Crippen LogP contribution < -0.4 is 0 Å². The number of alkyl halides is 1. The number of para-hydroxylation sites is 1. The lowest BCUT2D eigenvalue weighted by Crippen LogP contribution is -1.70. The molecule has 1 heterocycles. The van der Waals surface area contributed by atoms with Gasteiger partial charge in [0.15, 0.2) is 0 Å². The van der Waals surface area contributed by atoms with Gasteiger partial charge >= 0.3 is 0 Å². The average Bonchev–Trinajstić information content (AvgIpc) is 2.75. The first-order valence-electron chi connectivity index (χ1n) is 5.22. The number of fused-ring (bicyclic) bond motifs is 1. The number of hydrogen-bond acceptors (Lipinski definition) is 2. The predicted molar refractivity (Wildman–Crippen MR) is 72.9 cm³/mol. The minimum Gasteiger partial charge on any atom is -0.245 e. The number of aromatic nitrogens is 1. The van der Waals surface area contributed by atoms with E-state index in [1.165, 1.54) is 29.3 Å². The van der Waals surface area contributed by atoms with E-state index in [1.807, 2.05) is 23.7 Å². The molecule has 0 aliphatic rings. The van der Waals surface area contributed by atoms with E-state index in [0.29, 0.717) is 0 Å². The molecular weight excluding hydrogens is 270 g/mol. The van der Waals surface area contributed by atoms with Crippen LogP contribution in [0.2, 0.25) is 0 Å². The van der Waals surface area contributed by atoms with Crippen LogP contribution in [0.15, 0.2) is 29.8 Å². The van der Waals surface area contributed by atoms with Crippen molar-refractivity contribution >= 4 is 37.5 Å². The van der Waals surface area contributed by atoms with Crippen molar-refractivity contribution in [2.75, 3.05) is 5.33 Å². The molecule has 82 valence electrons. The topological polar surface area (TPSA) is 12.9 Å². The summed E-state index contributed by atoms with van der Waals surface area (Å²) in [6, 6.07) is 8.13. The van der Waals surface area contributed by atoms with Crippen LogP contribution in [0, 0.1) is 0 Å². The lowest BCUT2D eigenvalue weighted by molar-refractivity contribution is 0.781. The van der Waals surface area contributed by atoms with Gasteiger partial charge in [-0.25, -0.2) is 4.98 Å². The highest BCUT2D eigenvalue weighted by Crippen LogP contribution is 2.15. The molecule has 1 nitrogen and oxygen atoms in total. The Balaban J connectivity index is 0.000000167. The molecule has 15 heavy (non-hydrogen) atoms. The van der Waals surface area contributed by atoms with E-state index < -0.39 is 0 Å². The van der Waals surface area contributed by atoms with Crippen molar-refractivity contribution in [1.29, 1.82) is 0 Å². The molecule has 0 bridgehead atoms. The first kappa shape index (κ1) is 12.7. The van der Waals surface area contributed by atoms with Crippen LogP contribution in [0.1, 0.15) is 26.2 Å². The summed E-state index contributed by atoms with van der Waals surface area (Å²) in [7, 11) is 0. The smallest absolute Gasteiger partial charge is 0.0812 e. The molecule has 0 saturated heterocycles. The molecule has 0 fully saturated rings. The summed E-state index contributed by atoms with van der Waals surface area (Å²) in [5.74, 6) is 0. The lowest BCUT2D eigenvalue weighted by atomic mass is 10.3. The molecule has 2 rings (SSSR count). The third-order valence-electron chi connectivity index (χ3n) is 1.97. The van der Waals surface area contributed by atoms with Crippen LogP contribution in [0.4, 0.5) is 0 Å². The minimum absolute atomic E-state index is 1.10. The largest absolute Gasteiger partial charge is 0.245 e. The van der Waals surface area contributed by atoms with E-state index in [4.69, 9.17) is 0 Å². The molecule has 1 aromatic carbocycles. The van der Waals surface area contributed by atoms with Gasteiger partial charge in [-0.2, -0.15) is 0 Å². The summed E-state index contributed by atoms with van der Waals surface area (Å²) in [6.07, 6.45) is 4.02. The standard InChI is InChI=1S/C7H5NS.C5H11Br/c1-2-4-7-6(3-1)8-5-9-7;1-2-3-4-5-6/h1-5H;2-5H2,1H3. The highest BCUT2D eigenvalue weighted by molar-refractivity contribution is 9.09. The maximum absolute atomic E-state index is 4.14. The Morgan fingerprint density at radius 2 is 2.07 bits per heavy atom. The Kier molecular flexibility index (Phi) is 6.60. The fourth-order valence-electron chi connectivity index (χ4n) is 1.15. The van der Waals surface area contributed by atoms with Crippen molar-refractivity contribution in [3.05, 3.63) is 29.8 Å². The summed E-state index contributed by atoms with van der Waals surface area (Å²) in [6.45, 7) is 2.21. The molecule has 0 unspecified atom stereocenters. The zero-order valence-corrected chi connectivity index (χ0v) is 11.4. The van der Waals surface area contributed by atoms with E-state index in [-0.39, 0.29) is 0 Å². The molecular formula is C12H16BrNS. The Morgan fingerprint density at radius 1 is 1.27 bits per heavy atom. The molecule has 1 aromatic heterocycles. The van der Waals surface area contributed by atoms with Crippen LogP contribution in [0.5, 0.6) is 0 Å². The lowest BCUT2D eigenvalue weighted by Gasteiger charge is -1.85. The van der Waals surface area contributed by atoms with Crippen molar-refractivity contribution in [2.45, 2.75) is 26.2 Å². The Hall–Kier alpha value is -0.410. The number of nitrogens with zero attached hydrogens (tertiary/aromatic N) is 1. The third kappa shape index (κ3) is 4.76. The van der Waals surface area contributed by atoms with E-state index in [2.05, 4.69) is 33.9 Å². The summed E-state index contributed by atoms with van der Waals surface area (Å²) >= 11 is 5.03. The molecule has 0 saturated carbocycles. The monoisotopic (exact) mass is 285 g/mol. The van der Waals surface area contributed by atoms with Gasteiger partial charge < -0.3 is 0 Å². The molecule has 0 aliphatic heterocycles. The van der Waals surface area contributed by atoms with Crippen LogP contribution in [0.25, 0.3) is 10.2 Å². The number of thiazole rings is 1. The third-order valence-corrected chi connectivity index (χ3v) is 3.34. The predicted octanol–water partition coefficient (Wildman–Crippen LogP) is 4.87. The van der Waals surface area contributed by atoms with Gasteiger partial charge in [0.2, 0.25) is 0 Å². The van der Waals surface area contributed by atoms with E-state index in [9.17, 15) is 0 Å². The SMILES string of the molecule is CCCCCBr.c1ccc2scnc2c1. The van der Waals surface area contributed by atoms with Crippen LogP contribution in [-0.4, -0.2) is 10.3 Å². The second kappa shape index (κ2) is 7.83. The molecule has 2 aromatic rings. The van der Waals surface area contributed by atoms with Crippen molar-refractivity contribution in [3.8, 4) is 0 Å². The van der Waals surface area contributed by atoms with Gasteiger partial charge in [-0.15, -0.1) is 11.3 Å². The Morgan fingerprint density at radius 3 is 2.67 bits per heavy atom. The molecule has 0 N–H and O–H groups in total. The van der Waals surface area contributed by atoms with Crippen LogP contribution in [-0.2, 0) is 0 Å². The fourth-order valence-corrected chi connectivity index (χ4v) is 2.22. The van der Waals surface area contributed by atoms with Gasteiger partial charge in [-0.1, -0.05) is 47.8 Å². The zero-order valence-electron chi connectivity index (χ0n) is 8.95. The quantitative estimate of drug-likeness (QED) is 0.579. The van der Waals surface area contributed by atoms with Crippen molar-refractivity contribution in [1.82, 2.24) is 4.98 Å². The van der Waals surface area contributed by atoms with Crippen molar-refractivity contribution in [3.63, 3.8) is 0 Å². The van der Waals surface area contributed by atoms with Gasteiger partial charge in [-0.3, -0.25) is 0 Å². The van der Waals surface area contributed by atoms with E-state index in [0.717, 1.165) is 5.52 Å². The zero-order chi connectivity index (χ0) is 10.9. The van der Waals surface area contributed by atoms with Gasteiger partial charge in [0.1, 0.15) is 0 Å². The second-order valence-corrected chi connectivity index (χ2v) is 4.90. The van der Waals surface area contributed by atoms with E-state index >= 15 is 0 Å². The first-order valence-corrected chi connectivity index (χ1v) is 7.22. The highest BCUT2D eigenvalue weighted by Gasteiger charge is 1.89. The number of hydrogen-bond donors (Lipinski definition) is 0. The summed E-state index contributed by atoms with van der Waals surface area (Å²) in [5, 5.41) is 1.17. The normalized spacial score (nSPS) is 9.73. The van der Waals surface area contributed by atoms with Gasteiger partial charge in [-0.05, 0) is 18.6 Å². The maximum atomic E-state index is 4.14. The Labute approximate surface area is 104 Å². The number of benzene rings is 1. The maximum Gasteiger partial charge on any atom is 0.0812 e. The molecule has 0 amide bonds. The molecule has 0 aliphatic carbocycles. The van der Waals surface area contributed by atoms with Crippen molar-refractivity contribution in [2.24, 2.45) is 0 Å². The first-order chi connectivity index (χ1) is 7.38. The molecule has 0 radical (unpaired) electrons. The molecule has 3 heteroatoms. The van der Waals surface area contributed by atoms with Crippen LogP contribution >= 0.6 is 27.3 Å². The Bertz CT molecular complexity index is 338. The average molecular weight is 286 g/mol. The van der Waals surface area contributed by atoms with Gasteiger partial charge in [0.05, 0.1) is 15.7 Å². The second-order valence-electron chi connectivity index (χ2n) is 3.22. The summed E-state index contributed by atoms with van der Waals surface area (Å²) in [5.41, 5.74) is 2.97. The van der Waals surface area contributed by atoms with Gasteiger partial charge in [0.25, 0.3) is 0 Å². The molecule has 0 spiro atoms. The van der Waals surface area contributed by atoms with E-state index in [1.54, 1.807) is 11.3 Å².